The summed E-state index contributed by atoms with van der Waals surface area (Å²) in [5.74, 6) is -0.310. The predicted octanol–water partition coefficient (Wildman–Crippen LogP) is -0.319. The molecule has 5 heteroatoms. The first kappa shape index (κ1) is 11.8. The number of esters is 1. The molecule has 0 aromatic carbocycles. The van der Waals surface area contributed by atoms with Gasteiger partial charge in [0.15, 0.2) is 0 Å². The van der Waals surface area contributed by atoms with Crippen LogP contribution in [0.15, 0.2) is 0 Å². The Kier molecular flexibility index (Phi) is 3.19. The molecular formula is C11H19NO4. The number of ether oxygens (including phenoxy) is 2. The molecule has 2 N–H and O–H groups in total. The second-order valence-corrected chi connectivity index (χ2v) is 4.67. The summed E-state index contributed by atoms with van der Waals surface area (Å²) >= 11 is 0. The van der Waals surface area contributed by atoms with Gasteiger partial charge < -0.3 is 19.9 Å². The van der Waals surface area contributed by atoms with E-state index in [4.69, 9.17) is 9.47 Å². The van der Waals surface area contributed by atoms with Gasteiger partial charge >= 0.3 is 5.97 Å². The van der Waals surface area contributed by atoms with Gasteiger partial charge in [0.1, 0.15) is 5.41 Å². The van der Waals surface area contributed by atoms with Gasteiger partial charge in [0.25, 0.3) is 0 Å². The lowest BCUT2D eigenvalue weighted by molar-refractivity contribution is -0.184. The first-order valence-electron chi connectivity index (χ1n) is 5.74. The van der Waals surface area contributed by atoms with Gasteiger partial charge in [0.05, 0.1) is 12.7 Å². The standard InChI is InChI=1S/C11H19NO4/c1-15-9(13)10(7-12-8-10)11(14)3-2-5-16-6-4-11/h12,14H,2-8H2,1H3. The van der Waals surface area contributed by atoms with E-state index < -0.39 is 11.0 Å². The molecule has 2 rings (SSSR count). The van der Waals surface area contributed by atoms with Crippen molar-refractivity contribution >= 4 is 5.97 Å². The van der Waals surface area contributed by atoms with Gasteiger partial charge in [-0.15, -0.1) is 0 Å². The quantitative estimate of drug-likeness (QED) is 0.635. The fourth-order valence-electron chi connectivity index (χ4n) is 2.65. The Morgan fingerprint density at radius 3 is 2.69 bits per heavy atom. The third-order valence-electron chi connectivity index (χ3n) is 3.86. The molecule has 92 valence electrons. The van der Waals surface area contributed by atoms with E-state index in [9.17, 15) is 9.90 Å². The van der Waals surface area contributed by atoms with Gasteiger partial charge in [0.2, 0.25) is 0 Å². The van der Waals surface area contributed by atoms with Crippen molar-refractivity contribution in [3.8, 4) is 0 Å². The van der Waals surface area contributed by atoms with E-state index in [1.54, 1.807) is 0 Å². The summed E-state index contributed by atoms with van der Waals surface area (Å²) in [7, 11) is 1.37. The number of carbonyl (C=O) groups excluding carboxylic acids is 1. The summed E-state index contributed by atoms with van der Waals surface area (Å²) in [5, 5.41) is 13.8. The van der Waals surface area contributed by atoms with Crippen LogP contribution in [0.25, 0.3) is 0 Å². The van der Waals surface area contributed by atoms with Crippen molar-refractivity contribution in [2.24, 2.45) is 5.41 Å². The Labute approximate surface area is 95.1 Å². The Hall–Kier alpha value is -0.650. The summed E-state index contributed by atoms with van der Waals surface area (Å²) in [4.78, 5) is 11.9. The molecule has 2 aliphatic rings. The summed E-state index contributed by atoms with van der Waals surface area (Å²) in [6.07, 6.45) is 1.89. The van der Waals surface area contributed by atoms with Crippen LogP contribution in [0.1, 0.15) is 19.3 Å². The number of hydrogen-bond acceptors (Lipinski definition) is 5. The van der Waals surface area contributed by atoms with Crippen LogP contribution >= 0.6 is 0 Å². The van der Waals surface area contributed by atoms with E-state index in [0.29, 0.717) is 39.1 Å². The second kappa shape index (κ2) is 4.31. The zero-order valence-corrected chi connectivity index (χ0v) is 9.62. The van der Waals surface area contributed by atoms with Gasteiger partial charge in [-0.1, -0.05) is 0 Å². The Balaban J connectivity index is 2.21. The van der Waals surface area contributed by atoms with Crippen LogP contribution < -0.4 is 5.32 Å². The van der Waals surface area contributed by atoms with E-state index in [0.717, 1.165) is 6.42 Å². The van der Waals surface area contributed by atoms with Crippen LogP contribution in [0.5, 0.6) is 0 Å². The van der Waals surface area contributed by atoms with Crippen molar-refractivity contribution < 1.29 is 19.4 Å². The zero-order valence-electron chi connectivity index (χ0n) is 9.62. The molecule has 0 amide bonds. The SMILES string of the molecule is COC(=O)C1(C2(O)CCCOCC2)CNC1. The number of hydrogen-bond donors (Lipinski definition) is 2. The average Bonchev–Trinajstić information content (AvgIpc) is 2.41. The van der Waals surface area contributed by atoms with Gasteiger partial charge in [0, 0.05) is 32.7 Å². The topological polar surface area (TPSA) is 67.8 Å². The molecule has 0 saturated carbocycles. The highest BCUT2D eigenvalue weighted by atomic mass is 16.5. The van der Waals surface area contributed by atoms with Crippen molar-refractivity contribution in [2.75, 3.05) is 33.4 Å². The molecule has 0 bridgehead atoms. The molecule has 1 atom stereocenters. The molecule has 0 aliphatic carbocycles. The van der Waals surface area contributed by atoms with Gasteiger partial charge in [-0.3, -0.25) is 4.79 Å². The summed E-state index contributed by atoms with van der Waals surface area (Å²) in [6, 6.07) is 0. The van der Waals surface area contributed by atoms with Crippen LogP contribution in [0.2, 0.25) is 0 Å². The lowest BCUT2D eigenvalue weighted by atomic mass is 9.64. The van der Waals surface area contributed by atoms with Gasteiger partial charge in [-0.25, -0.2) is 0 Å². The molecule has 1 unspecified atom stereocenters. The molecule has 2 aliphatic heterocycles. The highest BCUT2D eigenvalue weighted by Gasteiger charge is 2.60. The minimum atomic E-state index is -0.984. The second-order valence-electron chi connectivity index (χ2n) is 4.67. The number of nitrogens with one attached hydrogen (secondary N) is 1. The van der Waals surface area contributed by atoms with Crippen molar-refractivity contribution in [3.05, 3.63) is 0 Å². The maximum Gasteiger partial charge on any atom is 0.317 e. The van der Waals surface area contributed by atoms with Crippen LogP contribution in [0.4, 0.5) is 0 Å². The van der Waals surface area contributed by atoms with Crippen LogP contribution in [-0.2, 0) is 14.3 Å². The van der Waals surface area contributed by atoms with Gasteiger partial charge in [-0.05, 0) is 12.8 Å². The monoisotopic (exact) mass is 229 g/mol. The lowest BCUT2D eigenvalue weighted by Crippen LogP contribution is -2.70. The molecule has 2 fully saturated rings. The first-order chi connectivity index (χ1) is 7.65. The third kappa shape index (κ3) is 1.63. The van der Waals surface area contributed by atoms with E-state index >= 15 is 0 Å². The van der Waals surface area contributed by atoms with Gasteiger partial charge in [-0.2, -0.15) is 0 Å². The number of methoxy groups -OCH3 is 1. The van der Waals surface area contributed by atoms with Crippen molar-refractivity contribution in [1.29, 1.82) is 0 Å². The first-order valence-corrected chi connectivity index (χ1v) is 5.74. The highest BCUT2D eigenvalue weighted by Crippen LogP contribution is 2.43. The molecule has 5 nitrogen and oxygen atoms in total. The predicted molar refractivity (Wildman–Crippen MR) is 56.9 cm³/mol. The number of rotatable bonds is 2. The molecule has 0 spiro atoms. The maximum absolute atomic E-state index is 11.9. The Morgan fingerprint density at radius 1 is 1.38 bits per heavy atom. The van der Waals surface area contributed by atoms with Crippen molar-refractivity contribution in [2.45, 2.75) is 24.9 Å². The van der Waals surface area contributed by atoms with E-state index in [2.05, 4.69) is 5.32 Å². The van der Waals surface area contributed by atoms with Crippen LogP contribution in [0, 0.1) is 5.41 Å². The van der Waals surface area contributed by atoms with E-state index in [1.165, 1.54) is 7.11 Å². The fraction of sp³-hybridized carbons (Fsp3) is 0.909. The molecular weight excluding hydrogens is 210 g/mol. The normalized spacial score (nSPS) is 33.6. The zero-order chi connectivity index (χ0) is 11.6. The minimum Gasteiger partial charge on any atom is -0.468 e. The highest BCUT2D eigenvalue weighted by molar-refractivity contribution is 5.80. The summed E-state index contributed by atoms with van der Waals surface area (Å²) in [6.45, 7) is 2.16. The van der Waals surface area contributed by atoms with Crippen LogP contribution in [0.3, 0.4) is 0 Å². The lowest BCUT2D eigenvalue weighted by Gasteiger charge is -2.50. The third-order valence-corrected chi connectivity index (χ3v) is 3.86. The molecule has 0 aromatic heterocycles. The molecule has 0 radical (unpaired) electrons. The molecule has 0 aromatic rings. The summed E-state index contributed by atoms with van der Waals surface area (Å²) in [5.41, 5.74) is -1.75. The molecule has 16 heavy (non-hydrogen) atoms. The largest absolute Gasteiger partial charge is 0.468 e. The smallest absolute Gasteiger partial charge is 0.317 e. The van der Waals surface area contributed by atoms with Crippen molar-refractivity contribution in [3.63, 3.8) is 0 Å². The average molecular weight is 229 g/mol. The van der Waals surface area contributed by atoms with E-state index in [1.807, 2.05) is 0 Å². The fourth-order valence-corrected chi connectivity index (χ4v) is 2.65. The number of aliphatic hydroxyl groups is 1. The van der Waals surface area contributed by atoms with Crippen LogP contribution in [-0.4, -0.2) is 50.1 Å². The molecule has 2 saturated heterocycles. The molecule has 2 heterocycles. The number of carbonyl (C=O) groups is 1. The van der Waals surface area contributed by atoms with Crippen molar-refractivity contribution in [1.82, 2.24) is 5.32 Å². The van der Waals surface area contributed by atoms with E-state index in [-0.39, 0.29) is 5.97 Å². The Bertz CT molecular complexity index is 267. The summed E-state index contributed by atoms with van der Waals surface area (Å²) < 4.78 is 10.2. The Morgan fingerprint density at radius 2 is 2.12 bits per heavy atom. The maximum atomic E-state index is 11.9. The minimum absolute atomic E-state index is 0.310.